The number of benzene rings is 3. The smallest absolute Gasteiger partial charge is 0.229 e. The molecule has 0 spiro atoms. The number of rotatable bonds is 1. The Balaban J connectivity index is 1.59. The first-order chi connectivity index (χ1) is 14.7. The minimum absolute atomic E-state index is 0.442. The van der Waals surface area contributed by atoms with Gasteiger partial charge in [-0.3, -0.25) is 0 Å². The van der Waals surface area contributed by atoms with Crippen LogP contribution in [-0.4, -0.2) is 16.6 Å². The van der Waals surface area contributed by atoms with Crippen molar-refractivity contribution in [2.45, 2.75) is 6.42 Å². The molecule has 30 heavy (non-hydrogen) atoms. The predicted molar refractivity (Wildman–Crippen MR) is 121 cm³/mol. The molecule has 0 amide bonds. The van der Waals surface area contributed by atoms with Crippen molar-refractivity contribution >= 4 is 34.7 Å². The molecule has 1 aliphatic rings. The van der Waals surface area contributed by atoms with Crippen LogP contribution in [0, 0.1) is 0 Å². The topological polar surface area (TPSA) is 59.1 Å². The number of halogens is 1. The number of nitrogens with zero attached hydrogens (tertiary/aromatic N) is 2. The molecule has 6 heteroatoms. The van der Waals surface area contributed by atoms with Gasteiger partial charge in [-0.25, -0.2) is 4.98 Å². The van der Waals surface area contributed by atoms with Crippen molar-refractivity contribution in [1.82, 2.24) is 9.97 Å². The maximum Gasteiger partial charge on any atom is 0.229 e. The molecule has 2 heterocycles. The van der Waals surface area contributed by atoms with Crippen molar-refractivity contribution in [3.05, 3.63) is 89.6 Å². The van der Waals surface area contributed by atoms with Crippen LogP contribution in [0.3, 0.4) is 0 Å². The van der Waals surface area contributed by atoms with Gasteiger partial charge in [0, 0.05) is 23.9 Å². The molecule has 5 nitrogen and oxygen atoms in total. The molecule has 1 aliphatic heterocycles. The van der Waals surface area contributed by atoms with Gasteiger partial charge in [0.1, 0.15) is 10.8 Å². The molecular formula is C24H19ClN4O. The maximum absolute atomic E-state index is 6.32. The van der Waals surface area contributed by atoms with E-state index < -0.39 is 0 Å². The summed E-state index contributed by atoms with van der Waals surface area (Å²) >= 11 is 6.32. The fourth-order valence-corrected chi connectivity index (χ4v) is 3.58. The van der Waals surface area contributed by atoms with Gasteiger partial charge in [-0.15, -0.1) is 0 Å². The maximum atomic E-state index is 6.32. The highest BCUT2D eigenvalue weighted by atomic mass is 35.5. The minimum atomic E-state index is 0.442. The number of aromatic nitrogens is 2. The van der Waals surface area contributed by atoms with Gasteiger partial charge in [-0.05, 0) is 41.0 Å². The van der Waals surface area contributed by atoms with Crippen LogP contribution >= 0.6 is 11.6 Å². The number of hydrogen-bond donors (Lipinski definition) is 2. The van der Waals surface area contributed by atoms with Crippen LogP contribution in [0.4, 0.5) is 23.1 Å². The number of anilines is 4. The molecular weight excluding hydrogens is 396 g/mol. The molecule has 2 N–H and O–H groups in total. The van der Waals surface area contributed by atoms with Crippen LogP contribution in [0.15, 0.2) is 79.0 Å². The zero-order chi connectivity index (χ0) is 20.3. The van der Waals surface area contributed by atoms with Gasteiger partial charge >= 0.3 is 0 Å². The molecule has 4 aromatic rings. The molecule has 6 bridgehead atoms. The lowest BCUT2D eigenvalue weighted by Crippen LogP contribution is -2.05. The normalized spacial score (nSPS) is 12.7. The minimum Gasteiger partial charge on any atom is -0.493 e. The summed E-state index contributed by atoms with van der Waals surface area (Å²) in [5.74, 6) is 1.80. The molecule has 0 fully saturated rings. The Morgan fingerprint density at radius 1 is 0.833 bits per heavy atom. The highest BCUT2D eigenvalue weighted by Gasteiger charge is 2.10. The van der Waals surface area contributed by atoms with E-state index in [0.717, 1.165) is 34.7 Å². The summed E-state index contributed by atoms with van der Waals surface area (Å²) in [6.45, 7) is 0.573. The highest BCUT2D eigenvalue weighted by Crippen LogP contribution is 2.30. The summed E-state index contributed by atoms with van der Waals surface area (Å²) in [7, 11) is 0. The Hall–Kier alpha value is -3.57. The monoisotopic (exact) mass is 414 g/mol. The van der Waals surface area contributed by atoms with E-state index in [1.165, 1.54) is 5.56 Å². The van der Waals surface area contributed by atoms with E-state index >= 15 is 0 Å². The third-order valence-electron chi connectivity index (χ3n) is 4.86. The number of hydrogen-bond acceptors (Lipinski definition) is 5. The van der Waals surface area contributed by atoms with Gasteiger partial charge in [-0.1, -0.05) is 54.1 Å². The van der Waals surface area contributed by atoms with Crippen molar-refractivity contribution in [3.63, 3.8) is 0 Å². The van der Waals surface area contributed by atoms with Crippen LogP contribution in [0.5, 0.6) is 5.75 Å². The van der Waals surface area contributed by atoms with E-state index in [4.69, 9.17) is 16.3 Å². The van der Waals surface area contributed by atoms with Gasteiger partial charge in [0.05, 0.1) is 12.8 Å². The van der Waals surface area contributed by atoms with E-state index in [0.29, 0.717) is 23.4 Å². The second kappa shape index (κ2) is 8.05. The summed E-state index contributed by atoms with van der Waals surface area (Å²) in [5, 5.41) is 7.01. The summed E-state index contributed by atoms with van der Waals surface area (Å²) in [6, 6.07) is 24.4. The van der Waals surface area contributed by atoms with Crippen molar-refractivity contribution in [2.24, 2.45) is 0 Å². The summed E-state index contributed by atoms with van der Waals surface area (Å²) in [6.07, 6.45) is 2.37. The first kappa shape index (κ1) is 18.5. The molecule has 3 aromatic carbocycles. The van der Waals surface area contributed by atoms with Crippen LogP contribution < -0.4 is 15.4 Å². The lowest BCUT2D eigenvalue weighted by atomic mass is 10.0. The fourth-order valence-electron chi connectivity index (χ4n) is 3.44. The summed E-state index contributed by atoms with van der Waals surface area (Å²) < 4.78 is 5.99. The van der Waals surface area contributed by atoms with E-state index in [1.807, 2.05) is 42.5 Å². The molecule has 0 radical (unpaired) electrons. The fraction of sp³-hybridized carbons (Fsp3) is 0.0833. The molecule has 0 atom stereocenters. The van der Waals surface area contributed by atoms with E-state index in [2.05, 4.69) is 50.9 Å². The SMILES string of the molecule is Clc1cnc2nc1Nc1cccc(c1)OCCc1cc(cc(-c3ccccc3)c1)N2. The van der Waals surface area contributed by atoms with Gasteiger partial charge in [0.15, 0.2) is 5.82 Å². The Bertz CT molecular complexity index is 1200. The van der Waals surface area contributed by atoms with Gasteiger partial charge in [0.2, 0.25) is 5.95 Å². The Morgan fingerprint density at radius 2 is 1.73 bits per heavy atom. The molecule has 0 saturated heterocycles. The van der Waals surface area contributed by atoms with Crippen LogP contribution in [0.25, 0.3) is 11.1 Å². The van der Waals surface area contributed by atoms with Crippen molar-refractivity contribution < 1.29 is 4.74 Å². The Kier molecular flexibility index (Phi) is 4.95. The van der Waals surface area contributed by atoms with E-state index in [9.17, 15) is 0 Å². The average molecular weight is 415 g/mol. The Labute approximate surface area is 179 Å². The summed E-state index contributed by atoms with van der Waals surface area (Å²) in [5.41, 5.74) is 5.20. The molecule has 1 aromatic heterocycles. The summed E-state index contributed by atoms with van der Waals surface area (Å²) in [4.78, 5) is 8.91. The van der Waals surface area contributed by atoms with Gasteiger partial charge in [0.25, 0.3) is 0 Å². The van der Waals surface area contributed by atoms with Gasteiger partial charge in [-0.2, -0.15) is 4.98 Å². The van der Waals surface area contributed by atoms with Crippen LogP contribution in [0.2, 0.25) is 5.02 Å². The first-order valence-electron chi connectivity index (χ1n) is 9.72. The highest BCUT2D eigenvalue weighted by molar-refractivity contribution is 6.32. The quantitative estimate of drug-likeness (QED) is 0.387. The predicted octanol–water partition coefficient (Wildman–Crippen LogP) is 6.22. The number of fused-ring (bicyclic) bond motifs is 6. The molecule has 0 saturated carbocycles. The second-order valence-corrected chi connectivity index (χ2v) is 7.46. The van der Waals surface area contributed by atoms with Crippen molar-refractivity contribution in [1.29, 1.82) is 0 Å². The van der Waals surface area contributed by atoms with E-state index in [-0.39, 0.29) is 0 Å². The van der Waals surface area contributed by atoms with Gasteiger partial charge < -0.3 is 15.4 Å². The molecule has 0 unspecified atom stereocenters. The zero-order valence-corrected chi connectivity index (χ0v) is 16.9. The second-order valence-electron chi connectivity index (χ2n) is 7.05. The first-order valence-corrected chi connectivity index (χ1v) is 10.1. The Morgan fingerprint density at radius 3 is 2.63 bits per heavy atom. The lowest BCUT2D eigenvalue weighted by Gasteiger charge is -2.15. The standard InChI is InChI=1S/C24H19ClN4O/c25-22-15-26-24-28-20-12-16(11-18(13-20)17-5-2-1-3-6-17)9-10-30-21-8-4-7-19(14-21)27-23(22)29-24/h1-8,11-15H,9-10H2,(H2,26,27,28,29). The number of nitrogens with one attached hydrogen (secondary N) is 2. The molecule has 5 rings (SSSR count). The third kappa shape index (κ3) is 4.07. The number of ether oxygens (including phenoxy) is 1. The third-order valence-corrected chi connectivity index (χ3v) is 5.13. The molecule has 148 valence electrons. The zero-order valence-electron chi connectivity index (χ0n) is 16.1. The van der Waals surface area contributed by atoms with Crippen LogP contribution in [-0.2, 0) is 6.42 Å². The van der Waals surface area contributed by atoms with Crippen LogP contribution in [0.1, 0.15) is 5.56 Å². The van der Waals surface area contributed by atoms with E-state index in [1.54, 1.807) is 6.20 Å². The van der Waals surface area contributed by atoms with Crippen molar-refractivity contribution in [3.8, 4) is 16.9 Å². The molecule has 0 aliphatic carbocycles. The lowest BCUT2D eigenvalue weighted by molar-refractivity contribution is 0.322. The average Bonchev–Trinajstić information content (AvgIpc) is 2.76. The largest absolute Gasteiger partial charge is 0.493 e. The van der Waals surface area contributed by atoms with Crippen molar-refractivity contribution in [2.75, 3.05) is 17.2 Å².